The smallest absolute Gasteiger partial charge is 0.335 e. The van der Waals surface area contributed by atoms with Gasteiger partial charge in [-0.05, 0) is 54.8 Å². The fourth-order valence-electron chi connectivity index (χ4n) is 3.34. The zero-order valence-electron chi connectivity index (χ0n) is 16.1. The van der Waals surface area contributed by atoms with Crippen LogP contribution in [0.15, 0.2) is 48.5 Å². The molecule has 2 aromatic rings. The Hall–Kier alpha value is -3.35. The number of amides is 3. The van der Waals surface area contributed by atoms with Gasteiger partial charge in [-0.2, -0.15) is 0 Å². The molecule has 0 radical (unpaired) electrons. The van der Waals surface area contributed by atoms with Crippen LogP contribution in [0.3, 0.4) is 0 Å². The van der Waals surface area contributed by atoms with Gasteiger partial charge in [0.15, 0.2) is 0 Å². The average Bonchev–Trinajstić information content (AvgIpc) is 2.74. The number of carboxylic acid groups (broad SMARTS) is 1. The summed E-state index contributed by atoms with van der Waals surface area (Å²) in [6.45, 7) is 0.271. The quantitative estimate of drug-likeness (QED) is 0.597. The maximum Gasteiger partial charge on any atom is 0.335 e. The summed E-state index contributed by atoms with van der Waals surface area (Å²) in [5, 5.41) is 17.4. The molecule has 0 saturated heterocycles. The zero-order valence-corrected chi connectivity index (χ0v) is 16.1. The van der Waals surface area contributed by atoms with Gasteiger partial charge in [0.1, 0.15) is 0 Å². The van der Waals surface area contributed by atoms with E-state index >= 15 is 0 Å². The first-order valence-corrected chi connectivity index (χ1v) is 9.79. The summed E-state index contributed by atoms with van der Waals surface area (Å²) in [6.07, 6.45) is 5.62. The number of carbonyl (C=O) groups excluding carboxylic acids is 2. The molecule has 3 amide bonds. The Morgan fingerprint density at radius 3 is 2.10 bits per heavy atom. The zero-order chi connectivity index (χ0) is 20.6. The summed E-state index contributed by atoms with van der Waals surface area (Å²) in [6, 6.07) is 12.9. The number of rotatable bonds is 6. The van der Waals surface area contributed by atoms with E-state index in [9.17, 15) is 14.4 Å². The van der Waals surface area contributed by atoms with E-state index in [0.717, 1.165) is 31.2 Å². The van der Waals surface area contributed by atoms with E-state index in [1.807, 2.05) is 0 Å². The predicted octanol–water partition coefficient (Wildman–Crippen LogP) is 3.77. The summed E-state index contributed by atoms with van der Waals surface area (Å²) in [5.74, 6) is -1.07. The summed E-state index contributed by atoms with van der Waals surface area (Å²) in [7, 11) is 0. The lowest BCUT2D eigenvalue weighted by Gasteiger charge is -2.22. The number of anilines is 1. The van der Waals surface area contributed by atoms with Crippen LogP contribution < -0.4 is 16.0 Å². The third-order valence-electron chi connectivity index (χ3n) is 5.00. The normalized spacial score (nSPS) is 14.1. The highest BCUT2D eigenvalue weighted by atomic mass is 16.4. The van der Waals surface area contributed by atoms with Gasteiger partial charge in [-0.25, -0.2) is 9.59 Å². The average molecular weight is 395 g/mol. The second-order valence-electron chi connectivity index (χ2n) is 7.20. The molecule has 7 heteroatoms. The molecule has 3 rings (SSSR count). The molecule has 0 bridgehead atoms. The van der Waals surface area contributed by atoms with Crippen LogP contribution in [0.25, 0.3) is 0 Å². The van der Waals surface area contributed by atoms with Crippen molar-refractivity contribution in [2.45, 2.75) is 44.7 Å². The third kappa shape index (κ3) is 6.07. The van der Waals surface area contributed by atoms with Crippen LogP contribution in [0.1, 0.15) is 58.4 Å². The van der Waals surface area contributed by atoms with E-state index in [4.69, 9.17) is 5.11 Å². The first-order chi connectivity index (χ1) is 14.0. The van der Waals surface area contributed by atoms with E-state index in [0.29, 0.717) is 11.3 Å². The van der Waals surface area contributed by atoms with E-state index in [-0.39, 0.29) is 30.1 Å². The van der Waals surface area contributed by atoms with Crippen LogP contribution >= 0.6 is 0 Å². The van der Waals surface area contributed by atoms with Gasteiger partial charge in [0, 0.05) is 23.8 Å². The highest BCUT2D eigenvalue weighted by Gasteiger charge is 2.16. The van der Waals surface area contributed by atoms with Crippen LogP contribution in [-0.2, 0) is 6.54 Å². The fourth-order valence-corrected chi connectivity index (χ4v) is 3.34. The van der Waals surface area contributed by atoms with Crippen molar-refractivity contribution in [3.05, 3.63) is 65.2 Å². The maximum atomic E-state index is 12.3. The second-order valence-corrected chi connectivity index (χ2v) is 7.20. The van der Waals surface area contributed by atoms with Gasteiger partial charge >= 0.3 is 12.0 Å². The molecule has 1 aliphatic carbocycles. The van der Waals surface area contributed by atoms with Gasteiger partial charge in [-0.3, -0.25) is 4.79 Å². The van der Waals surface area contributed by atoms with Crippen molar-refractivity contribution in [3.8, 4) is 0 Å². The number of aromatic carboxylic acids is 1. The predicted molar refractivity (Wildman–Crippen MR) is 110 cm³/mol. The molecule has 29 heavy (non-hydrogen) atoms. The van der Waals surface area contributed by atoms with Gasteiger partial charge in [0.25, 0.3) is 5.91 Å². The Kier molecular flexibility index (Phi) is 6.84. The molecular formula is C22H25N3O4. The Balaban J connectivity index is 1.46. The maximum absolute atomic E-state index is 12.3. The Labute approximate surface area is 169 Å². The Morgan fingerprint density at radius 2 is 1.48 bits per heavy atom. The van der Waals surface area contributed by atoms with Crippen molar-refractivity contribution < 1.29 is 19.5 Å². The molecule has 0 aromatic heterocycles. The summed E-state index contributed by atoms with van der Waals surface area (Å²) >= 11 is 0. The van der Waals surface area contributed by atoms with Gasteiger partial charge in [0.05, 0.1) is 5.56 Å². The van der Waals surface area contributed by atoms with Crippen molar-refractivity contribution in [1.29, 1.82) is 0 Å². The largest absolute Gasteiger partial charge is 0.478 e. The third-order valence-corrected chi connectivity index (χ3v) is 5.00. The number of hydrogen-bond donors (Lipinski definition) is 4. The van der Waals surface area contributed by atoms with E-state index in [1.165, 1.54) is 18.6 Å². The summed E-state index contributed by atoms with van der Waals surface area (Å²) < 4.78 is 0. The molecule has 7 nitrogen and oxygen atoms in total. The number of carboxylic acids is 1. The van der Waals surface area contributed by atoms with Gasteiger partial charge in [-0.1, -0.05) is 31.4 Å². The molecule has 0 unspecified atom stereocenters. The second kappa shape index (κ2) is 9.73. The van der Waals surface area contributed by atoms with Gasteiger partial charge in [0.2, 0.25) is 0 Å². The molecule has 0 spiro atoms. The van der Waals surface area contributed by atoms with E-state index in [2.05, 4.69) is 16.0 Å². The van der Waals surface area contributed by atoms with Crippen LogP contribution in [0.5, 0.6) is 0 Å². The molecule has 152 valence electrons. The minimum atomic E-state index is -0.988. The first kappa shape index (κ1) is 20.4. The topological polar surface area (TPSA) is 108 Å². The van der Waals surface area contributed by atoms with E-state index in [1.54, 1.807) is 36.4 Å². The van der Waals surface area contributed by atoms with Crippen molar-refractivity contribution >= 4 is 23.6 Å². The van der Waals surface area contributed by atoms with Crippen LogP contribution in [0.4, 0.5) is 10.5 Å². The molecule has 4 N–H and O–H groups in total. The minimum absolute atomic E-state index is 0.0855. The lowest BCUT2D eigenvalue weighted by atomic mass is 9.95. The minimum Gasteiger partial charge on any atom is -0.478 e. The first-order valence-electron chi connectivity index (χ1n) is 9.79. The number of hydrogen-bond acceptors (Lipinski definition) is 3. The fraction of sp³-hybridized carbons (Fsp3) is 0.318. The van der Waals surface area contributed by atoms with Crippen molar-refractivity contribution in [2.75, 3.05) is 5.32 Å². The molecule has 0 aliphatic heterocycles. The number of urea groups is 1. The monoisotopic (exact) mass is 395 g/mol. The van der Waals surface area contributed by atoms with Crippen molar-refractivity contribution in [3.63, 3.8) is 0 Å². The van der Waals surface area contributed by atoms with Crippen LogP contribution in [-0.4, -0.2) is 29.1 Å². The molecular weight excluding hydrogens is 370 g/mol. The van der Waals surface area contributed by atoms with Crippen LogP contribution in [0, 0.1) is 0 Å². The van der Waals surface area contributed by atoms with Crippen molar-refractivity contribution in [1.82, 2.24) is 10.6 Å². The highest BCUT2D eigenvalue weighted by Crippen LogP contribution is 2.18. The lowest BCUT2D eigenvalue weighted by molar-refractivity contribution is 0.0696. The highest BCUT2D eigenvalue weighted by molar-refractivity contribution is 5.95. The summed E-state index contributed by atoms with van der Waals surface area (Å²) in [4.78, 5) is 35.2. The van der Waals surface area contributed by atoms with Crippen LogP contribution in [0.2, 0.25) is 0 Å². The summed E-state index contributed by atoms with van der Waals surface area (Å²) in [5.41, 5.74) is 2.14. The molecule has 1 aliphatic rings. The number of benzene rings is 2. The van der Waals surface area contributed by atoms with E-state index < -0.39 is 5.97 Å². The number of nitrogens with one attached hydrogen (secondary N) is 3. The Morgan fingerprint density at radius 1 is 0.862 bits per heavy atom. The Bertz CT molecular complexity index is 857. The molecule has 0 atom stereocenters. The molecule has 1 saturated carbocycles. The van der Waals surface area contributed by atoms with Gasteiger partial charge in [-0.15, -0.1) is 0 Å². The molecule has 0 heterocycles. The molecule has 2 aromatic carbocycles. The van der Waals surface area contributed by atoms with Crippen molar-refractivity contribution in [2.24, 2.45) is 0 Å². The molecule has 1 fully saturated rings. The standard InChI is InChI=1S/C22H25N3O4/c26-20(24-18-4-2-1-3-5-18)16-10-12-19(13-11-16)25-22(29)23-14-15-6-8-17(9-7-15)21(27)28/h6-13,18H,1-5,14H2,(H,24,26)(H,27,28)(H2,23,25,29). The number of carbonyl (C=O) groups is 3. The lowest BCUT2D eigenvalue weighted by Crippen LogP contribution is -2.36. The SMILES string of the molecule is O=C(NCc1ccc(C(=O)O)cc1)Nc1ccc(C(=O)NC2CCCCC2)cc1. The van der Waals surface area contributed by atoms with Gasteiger partial charge < -0.3 is 21.1 Å².